The van der Waals surface area contributed by atoms with Gasteiger partial charge in [0.05, 0.1) is 11.3 Å². The SMILES string of the molecule is O=C(NCc1cccc(-c2nc(-c3ccccc3)cs2)c1)C(=O)c1c[nH]c2ccccc12. The first-order valence-electron chi connectivity index (χ1n) is 10.2. The van der Waals surface area contributed by atoms with Gasteiger partial charge in [-0.25, -0.2) is 4.98 Å². The fourth-order valence-corrected chi connectivity index (χ4v) is 4.43. The van der Waals surface area contributed by atoms with Crippen LogP contribution in [0.15, 0.2) is 90.4 Å². The number of para-hydroxylation sites is 1. The number of ketones is 1. The second-order valence-corrected chi connectivity index (χ2v) is 8.22. The second-order valence-electron chi connectivity index (χ2n) is 7.36. The van der Waals surface area contributed by atoms with E-state index in [-0.39, 0.29) is 6.54 Å². The van der Waals surface area contributed by atoms with Crippen molar-refractivity contribution in [1.29, 1.82) is 0 Å². The van der Waals surface area contributed by atoms with Gasteiger partial charge in [0, 0.05) is 40.2 Å². The predicted octanol–water partition coefficient (Wildman–Crippen LogP) is 5.46. The Labute approximate surface area is 188 Å². The number of nitrogens with one attached hydrogen (secondary N) is 2. The van der Waals surface area contributed by atoms with E-state index in [1.54, 1.807) is 17.5 Å². The van der Waals surface area contributed by atoms with Gasteiger partial charge in [0.15, 0.2) is 0 Å². The minimum absolute atomic E-state index is 0.262. The van der Waals surface area contributed by atoms with Crippen LogP contribution in [-0.4, -0.2) is 21.7 Å². The Morgan fingerprint density at radius 1 is 0.906 bits per heavy atom. The van der Waals surface area contributed by atoms with Gasteiger partial charge >= 0.3 is 0 Å². The van der Waals surface area contributed by atoms with Gasteiger partial charge in [-0.3, -0.25) is 9.59 Å². The maximum atomic E-state index is 12.6. The molecule has 0 atom stereocenters. The van der Waals surface area contributed by atoms with Crippen molar-refractivity contribution in [2.75, 3.05) is 0 Å². The molecule has 0 fully saturated rings. The van der Waals surface area contributed by atoms with Crippen LogP contribution in [0.2, 0.25) is 0 Å². The molecular formula is C26H19N3O2S. The zero-order chi connectivity index (χ0) is 21.9. The van der Waals surface area contributed by atoms with E-state index in [0.717, 1.165) is 38.3 Å². The highest BCUT2D eigenvalue weighted by atomic mass is 32.1. The van der Waals surface area contributed by atoms with Gasteiger partial charge < -0.3 is 10.3 Å². The lowest BCUT2D eigenvalue weighted by Crippen LogP contribution is -2.30. The highest BCUT2D eigenvalue weighted by Crippen LogP contribution is 2.29. The molecule has 0 aliphatic carbocycles. The van der Waals surface area contributed by atoms with Gasteiger partial charge in [-0.2, -0.15) is 0 Å². The third kappa shape index (κ3) is 3.96. The van der Waals surface area contributed by atoms with E-state index in [4.69, 9.17) is 4.98 Å². The Balaban J connectivity index is 1.29. The molecule has 0 aliphatic heterocycles. The first kappa shape index (κ1) is 19.9. The lowest BCUT2D eigenvalue weighted by molar-refractivity contribution is -0.117. The number of thiazole rings is 1. The minimum atomic E-state index is -0.624. The molecule has 0 spiro atoms. The fraction of sp³-hybridized carbons (Fsp3) is 0.0385. The molecule has 6 heteroatoms. The Hall–Kier alpha value is -4.03. The first-order valence-corrected chi connectivity index (χ1v) is 11.1. The van der Waals surface area contributed by atoms with E-state index in [2.05, 4.69) is 10.3 Å². The Morgan fingerprint density at radius 3 is 2.56 bits per heavy atom. The molecule has 0 saturated heterocycles. The monoisotopic (exact) mass is 437 g/mol. The van der Waals surface area contributed by atoms with E-state index in [1.807, 2.05) is 84.2 Å². The molecule has 1 amide bonds. The number of rotatable bonds is 6. The molecule has 5 nitrogen and oxygen atoms in total. The number of Topliss-reactive ketones (excluding diaryl/α,β-unsaturated/α-hetero) is 1. The molecule has 0 bridgehead atoms. The van der Waals surface area contributed by atoms with E-state index in [0.29, 0.717) is 5.56 Å². The standard InChI is InChI=1S/C26H19N3O2S/c30-24(21-15-27-22-12-5-4-11-20(21)22)25(31)28-14-17-7-6-10-19(13-17)26-29-23(16-32-26)18-8-2-1-3-9-18/h1-13,15-16,27H,14H2,(H,28,31). The number of amides is 1. The number of hydrogen-bond donors (Lipinski definition) is 2. The summed E-state index contributed by atoms with van der Waals surface area (Å²) in [5, 5.41) is 6.44. The summed E-state index contributed by atoms with van der Waals surface area (Å²) in [6.45, 7) is 0.262. The van der Waals surface area contributed by atoms with Crippen LogP contribution in [0.4, 0.5) is 0 Å². The zero-order valence-corrected chi connectivity index (χ0v) is 17.9. The molecule has 0 aliphatic rings. The number of benzene rings is 3. The van der Waals surface area contributed by atoms with Gasteiger partial charge in [-0.05, 0) is 17.7 Å². The van der Waals surface area contributed by atoms with Crippen molar-refractivity contribution < 1.29 is 9.59 Å². The summed E-state index contributed by atoms with van der Waals surface area (Å²) in [6, 6.07) is 25.3. The molecule has 2 aromatic heterocycles. The van der Waals surface area contributed by atoms with Crippen molar-refractivity contribution in [3.8, 4) is 21.8 Å². The maximum absolute atomic E-state index is 12.6. The van der Waals surface area contributed by atoms with Crippen LogP contribution < -0.4 is 5.32 Å². The Bertz CT molecular complexity index is 1420. The van der Waals surface area contributed by atoms with E-state index in [9.17, 15) is 9.59 Å². The molecule has 5 rings (SSSR count). The number of hydrogen-bond acceptors (Lipinski definition) is 4. The largest absolute Gasteiger partial charge is 0.360 e. The quantitative estimate of drug-likeness (QED) is 0.274. The molecule has 0 radical (unpaired) electrons. The Morgan fingerprint density at radius 2 is 1.69 bits per heavy atom. The summed E-state index contributed by atoms with van der Waals surface area (Å²) < 4.78 is 0. The molecule has 156 valence electrons. The summed E-state index contributed by atoms with van der Waals surface area (Å²) in [5.41, 5.74) is 5.10. The maximum Gasteiger partial charge on any atom is 0.292 e. The number of nitrogens with zero attached hydrogens (tertiary/aromatic N) is 1. The van der Waals surface area contributed by atoms with Crippen molar-refractivity contribution in [1.82, 2.24) is 15.3 Å². The zero-order valence-electron chi connectivity index (χ0n) is 17.0. The molecule has 2 N–H and O–H groups in total. The molecule has 3 aromatic carbocycles. The predicted molar refractivity (Wildman–Crippen MR) is 127 cm³/mol. The second kappa shape index (κ2) is 8.61. The third-order valence-corrected chi connectivity index (χ3v) is 6.13. The van der Waals surface area contributed by atoms with Crippen LogP contribution in [0, 0.1) is 0 Å². The van der Waals surface area contributed by atoms with E-state index < -0.39 is 11.7 Å². The lowest BCUT2D eigenvalue weighted by Gasteiger charge is -2.06. The van der Waals surface area contributed by atoms with Gasteiger partial charge in [0.25, 0.3) is 11.7 Å². The number of carbonyl (C=O) groups is 2. The third-order valence-electron chi connectivity index (χ3n) is 5.24. The van der Waals surface area contributed by atoms with Crippen molar-refractivity contribution in [2.45, 2.75) is 6.54 Å². The Kier molecular flexibility index (Phi) is 5.35. The van der Waals surface area contributed by atoms with Crippen LogP contribution in [-0.2, 0) is 11.3 Å². The normalized spacial score (nSPS) is 10.9. The van der Waals surface area contributed by atoms with Crippen molar-refractivity contribution in [3.63, 3.8) is 0 Å². The molecule has 5 aromatic rings. The molecule has 2 heterocycles. The summed E-state index contributed by atoms with van der Waals surface area (Å²) in [6.07, 6.45) is 1.58. The molecule has 32 heavy (non-hydrogen) atoms. The van der Waals surface area contributed by atoms with Gasteiger partial charge in [-0.1, -0.05) is 66.7 Å². The van der Waals surface area contributed by atoms with Crippen molar-refractivity contribution in [3.05, 3.63) is 102 Å². The van der Waals surface area contributed by atoms with E-state index in [1.165, 1.54) is 0 Å². The van der Waals surface area contributed by atoms with Crippen molar-refractivity contribution >= 4 is 33.9 Å². The number of aromatic amines is 1. The van der Waals surface area contributed by atoms with Crippen LogP contribution in [0.1, 0.15) is 15.9 Å². The van der Waals surface area contributed by atoms with Crippen LogP contribution >= 0.6 is 11.3 Å². The van der Waals surface area contributed by atoms with Crippen LogP contribution in [0.5, 0.6) is 0 Å². The molecular weight excluding hydrogens is 418 g/mol. The average molecular weight is 438 g/mol. The smallest absolute Gasteiger partial charge is 0.292 e. The van der Waals surface area contributed by atoms with Gasteiger partial charge in [0.2, 0.25) is 0 Å². The summed E-state index contributed by atoms with van der Waals surface area (Å²) in [4.78, 5) is 32.9. The molecule has 0 saturated carbocycles. The van der Waals surface area contributed by atoms with E-state index >= 15 is 0 Å². The topological polar surface area (TPSA) is 74.8 Å². The summed E-state index contributed by atoms with van der Waals surface area (Å²) in [5.74, 6) is -1.17. The van der Waals surface area contributed by atoms with Crippen molar-refractivity contribution in [2.24, 2.45) is 0 Å². The van der Waals surface area contributed by atoms with Gasteiger partial charge in [-0.15, -0.1) is 11.3 Å². The fourth-order valence-electron chi connectivity index (χ4n) is 3.61. The minimum Gasteiger partial charge on any atom is -0.360 e. The average Bonchev–Trinajstić information content (AvgIpc) is 3.51. The lowest BCUT2D eigenvalue weighted by atomic mass is 10.1. The number of carbonyl (C=O) groups excluding carboxylic acids is 2. The number of fused-ring (bicyclic) bond motifs is 1. The number of aromatic nitrogens is 2. The highest BCUT2D eigenvalue weighted by molar-refractivity contribution is 7.13. The highest BCUT2D eigenvalue weighted by Gasteiger charge is 2.19. The number of H-pyrrole nitrogens is 1. The van der Waals surface area contributed by atoms with Crippen LogP contribution in [0.25, 0.3) is 32.7 Å². The summed E-state index contributed by atoms with van der Waals surface area (Å²) >= 11 is 1.58. The first-order chi connectivity index (χ1) is 15.7. The summed E-state index contributed by atoms with van der Waals surface area (Å²) in [7, 11) is 0. The molecule has 0 unspecified atom stereocenters. The van der Waals surface area contributed by atoms with Gasteiger partial charge in [0.1, 0.15) is 5.01 Å². The van der Waals surface area contributed by atoms with Crippen LogP contribution in [0.3, 0.4) is 0 Å².